The predicted octanol–water partition coefficient (Wildman–Crippen LogP) is 3.02. The molecular formula is C11H15BrN2. The molecule has 1 aliphatic rings. The van der Waals surface area contributed by atoms with Gasteiger partial charge in [0.25, 0.3) is 0 Å². The van der Waals surface area contributed by atoms with Crippen LogP contribution in [0.15, 0.2) is 22.7 Å². The smallest absolute Gasteiger partial charge is 0.0600 e. The summed E-state index contributed by atoms with van der Waals surface area (Å²) in [6, 6.07) is 6.78. The van der Waals surface area contributed by atoms with Crippen LogP contribution in [0.25, 0.3) is 0 Å². The van der Waals surface area contributed by atoms with Crippen molar-refractivity contribution >= 4 is 27.3 Å². The first-order chi connectivity index (χ1) is 6.68. The highest BCUT2D eigenvalue weighted by molar-refractivity contribution is 9.10. The molecule has 0 atom stereocenters. The van der Waals surface area contributed by atoms with Crippen LogP contribution in [0.3, 0.4) is 0 Å². The van der Waals surface area contributed by atoms with E-state index >= 15 is 0 Å². The minimum Gasteiger partial charge on any atom is -0.397 e. The Labute approximate surface area is 93.2 Å². The van der Waals surface area contributed by atoms with Gasteiger partial charge in [-0.1, -0.05) is 15.9 Å². The number of rotatable bonds is 2. The number of hydrogen-bond donors (Lipinski definition) is 1. The number of hydrogen-bond acceptors (Lipinski definition) is 2. The van der Waals surface area contributed by atoms with E-state index < -0.39 is 0 Å². The average molecular weight is 255 g/mol. The number of anilines is 2. The van der Waals surface area contributed by atoms with E-state index in [-0.39, 0.29) is 0 Å². The third-order valence-electron chi connectivity index (χ3n) is 2.99. The Balaban J connectivity index is 2.22. The lowest BCUT2D eigenvalue weighted by Gasteiger charge is -2.37. The van der Waals surface area contributed by atoms with Crippen molar-refractivity contribution in [1.29, 1.82) is 0 Å². The summed E-state index contributed by atoms with van der Waals surface area (Å²) in [5, 5.41) is 0. The number of benzene rings is 1. The van der Waals surface area contributed by atoms with E-state index in [1.807, 2.05) is 12.1 Å². The second-order valence-corrected chi connectivity index (χ2v) is 4.81. The van der Waals surface area contributed by atoms with Gasteiger partial charge in [0.05, 0.1) is 11.4 Å². The maximum Gasteiger partial charge on any atom is 0.0600 e. The van der Waals surface area contributed by atoms with Crippen LogP contribution in [0.5, 0.6) is 0 Å². The Morgan fingerprint density at radius 3 is 2.64 bits per heavy atom. The molecule has 14 heavy (non-hydrogen) atoms. The molecule has 3 heteroatoms. The molecule has 0 amide bonds. The molecule has 1 aromatic rings. The molecule has 0 aliphatic heterocycles. The minimum atomic E-state index is 0.693. The molecule has 1 aliphatic carbocycles. The molecule has 1 fully saturated rings. The topological polar surface area (TPSA) is 29.3 Å². The van der Waals surface area contributed by atoms with Gasteiger partial charge in [0.1, 0.15) is 0 Å². The zero-order valence-corrected chi connectivity index (χ0v) is 9.92. The Morgan fingerprint density at radius 1 is 1.43 bits per heavy atom. The van der Waals surface area contributed by atoms with Crippen LogP contribution in [0.1, 0.15) is 19.3 Å². The predicted molar refractivity (Wildman–Crippen MR) is 64.6 cm³/mol. The van der Waals surface area contributed by atoms with Crippen molar-refractivity contribution in [2.45, 2.75) is 25.3 Å². The van der Waals surface area contributed by atoms with Crippen molar-refractivity contribution in [1.82, 2.24) is 0 Å². The van der Waals surface area contributed by atoms with Gasteiger partial charge < -0.3 is 10.6 Å². The third-order valence-corrected chi connectivity index (χ3v) is 3.49. The molecule has 0 saturated heterocycles. The minimum absolute atomic E-state index is 0.693. The molecule has 0 heterocycles. The standard InChI is InChI=1S/C11H15BrN2/c1-14(9-3-2-4-9)11-6-5-8(12)7-10(11)13/h5-7,9H,2-4,13H2,1H3. The third kappa shape index (κ3) is 1.73. The van der Waals surface area contributed by atoms with E-state index in [9.17, 15) is 0 Å². The zero-order chi connectivity index (χ0) is 10.1. The second kappa shape index (κ2) is 3.81. The van der Waals surface area contributed by atoms with Gasteiger partial charge in [0.15, 0.2) is 0 Å². The van der Waals surface area contributed by atoms with E-state index in [0.29, 0.717) is 6.04 Å². The van der Waals surface area contributed by atoms with Crippen LogP contribution < -0.4 is 10.6 Å². The average Bonchev–Trinajstić information content (AvgIpc) is 2.00. The zero-order valence-electron chi connectivity index (χ0n) is 8.33. The summed E-state index contributed by atoms with van der Waals surface area (Å²) < 4.78 is 1.04. The van der Waals surface area contributed by atoms with Crippen LogP contribution in [-0.2, 0) is 0 Å². The summed E-state index contributed by atoms with van der Waals surface area (Å²) in [4.78, 5) is 2.30. The van der Waals surface area contributed by atoms with Gasteiger partial charge in [-0.15, -0.1) is 0 Å². The lowest BCUT2D eigenvalue weighted by atomic mass is 9.91. The largest absolute Gasteiger partial charge is 0.397 e. The van der Waals surface area contributed by atoms with E-state index in [0.717, 1.165) is 15.8 Å². The first kappa shape index (κ1) is 9.84. The maximum atomic E-state index is 5.97. The Bertz CT molecular complexity index is 334. The first-order valence-corrected chi connectivity index (χ1v) is 5.75. The monoisotopic (exact) mass is 254 g/mol. The normalized spacial score (nSPS) is 16.4. The van der Waals surface area contributed by atoms with Crippen LogP contribution in [-0.4, -0.2) is 13.1 Å². The SMILES string of the molecule is CN(c1ccc(Br)cc1N)C1CCC1. The fourth-order valence-corrected chi connectivity index (χ4v) is 2.20. The second-order valence-electron chi connectivity index (χ2n) is 3.90. The van der Waals surface area contributed by atoms with E-state index in [2.05, 4.69) is 33.9 Å². The lowest BCUT2D eigenvalue weighted by Crippen LogP contribution is -2.37. The molecule has 2 rings (SSSR count). The summed E-state index contributed by atoms with van der Waals surface area (Å²) in [5.41, 5.74) is 7.97. The van der Waals surface area contributed by atoms with E-state index in [4.69, 9.17) is 5.73 Å². The molecular weight excluding hydrogens is 240 g/mol. The van der Waals surface area contributed by atoms with Crippen molar-refractivity contribution < 1.29 is 0 Å². The van der Waals surface area contributed by atoms with Crippen LogP contribution in [0.4, 0.5) is 11.4 Å². The first-order valence-electron chi connectivity index (χ1n) is 4.96. The molecule has 0 radical (unpaired) electrons. The van der Waals surface area contributed by atoms with Crippen molar-refractivity contribution in [3.63, 3.8) is 0 Å². The highest BCUT2D eigenvalue weighted by Gasteiger charge is 2.23. The number of halogens is 1. The highest BCUT2D eigenvalue weighted by atomic mass is 79.9. The molecule has 0 unspecified atom stereocenters. The van der Waals surface area contributed by atoms with Crippen LogP contribution in [0.2, 0.25) is 0 Å². The highest BCUT2D eigenvalue weighted by Crippen LogP contribution is 2.32. The van der Waals surface area contributed by atoms with Gasteiger partial charge in [-0.2, -0.15) is 0 Å². The van der Waals surface area contributed by atoms with Crippen molar-refractivity contribution in [3.05, 3.63) is 22.7 Å². The van der Waals surface area contributed by atoms with Gasteiger partial charge in [-0.3, -0.25) is 0 Å². The van der Waals surface area contributed by atoms with Gasteiger partial charge >= 0.3 is 0 Å². The van der Waals surface area contributed by atoms with Crippen LogP contribution in [0, 0.1) is 0 Å². The van der Waals surface area contributed by atoms with E-state index in [1.165, 1.54) is 19.3 Å². The summed E-state index contributed by atoms with van der Waals surface area (Å²) in [6.07, 6.45) is 3.95. The Kier molecular flexibility index (Phi) is 2.68. The van der Waals surface area contributed by atoms with Gasteiger partial charge in [0.2, 0.25) is 0 Å². The van der Waals surface area contributed by atoms with Crippen molar-refractivity contribution in [3.8, 4) is 0 Å². The summed E-state index contributed by atoms with van der Waals surface area (Å²) >= 11 is 3.41. The maximum absolute atomic E-state index is 5.97. The summed E-state index contributed by atoms with van der Waals surface area (Å²) in [7, 11) is 2.13. The lowest BCUT2D eigenvalue weighted by molar-refractivity contribution is 0.401. The molecule has 1 saturated carbocycles. The summed E-state index contributed by atoms with van der Waals surface area (Å²) in [6.45, 7) is 0. The molecule has 0 spiro atoms. The quantitative estimate of drug-likeness (QED) is 0.823. The fourth-order valence-electron chi connectivity index (χ4n) is 1.82. The Morgan fingerprint density at radius 2 is 2.14 bits per heavy atom. The van der Waals surface area contributed by atoms with E-state index in [1.54, 1.807) is 0 Å². The number of nitrogen functional groups attached to an aromatic ring is 1. The van der Waals surface area contributed by atoms with Crippen molar-refractivity contribution in [2.24, 2.45) is 0 Å². The number of nitrogens with zero attached hydrogens (tertiary/aromatic N) is 1. The molecule has 76 valence electrons. The van der Waals surface area contributed by atoms with Crippen LogP contribution >= 0.6 is 15.9 Å². The molecule has 2 nitrogen and oxygen atoms in total. The van der Waals surface area contributed by atoms with Gasteiger partial charge in [-0.25, -0.2) is 0 Å². The molecule has 2 N–H and O–H groups in total. The fraction of sp³-hybridized carbons (Fsp3) is 0.455. The van der Waals surface area contributed by atoms with Gasteiger partial charge in [0, 0.05) is 17.6 Å². The molecule has 0 aromatic heterocycles. The number of nitrogens with two attached hydrogens (primary N) is 1. The van der Waals surface area contributed by atoms with Gasteiger partial charge in [-0.05, 0) is 37.5 Å². The summed E-state index contributed by atoms with van der Waals surface area (Å²) in [5.74, 6) is 0. The van der Waals surface area contributed by atoms with Crippen molar-refractivity contribution in [2.75, 3.05) is 17.7 Å². The molecule has 1 aromatic carbocycles. The molecule has 0 bridgehead atoms. The Hall–Kier alpha value is -0.700.